The van der Waals surface area contributed by atoms with Crippen molar-refractivity contribution in [2.24, 2.45) is 0 Å². The van der Waals surface area contributed by atoms with Crippen LogP contribution < -0.4 is 5.73 Å². The summed E-state index contributed by atoms with van der Waals surface area (Å²) in [4.78, 5) is 0. The predicted octanol–water partition coefficient (Wildman–Crippen LogP) is 4.52. The van der Waals surface area contributed by atoms with Crippen molar-refractivity contribution < 1.29 is 0 Å². The van der Waals surface area contributed by atoms with Crippen LogP contribution in [0.3, 0.4) is 0 Å². The monoisotopic (exact) mass is 239 g/mol. The van der Waals surface area contributed by atoms with Crippen LogP contribution in [0, 0.1) is 0 Å². The summed E-state index contributed by atoms with van der Waals surface area (Å²) in [5, 5.41) is 0.856. The number of benzene rings is 1. The van der Waals surface area contributed by atoms with Gasteiger partial charge in [0.25, 0.3) is 0 Å². The summed E-state index contributed by atoms with van der Waals surface area (Å²) in [5.74, 6) is 0. The fraction of sp³-hybridized carbons (Fsp3) is 0.571. The van der Waals surface area contributed by atoms with Gasteiger partial charge in [-0.25, -0.2) is 0 Å². The molecule has 1 aromatic rings. The third kappa shape index (κ3) is 2.70. The van der Waals surface area contributed by atoms with Crippen LogP contribution in [0.15, 0.2) is 12.1 Å². The number of hydrogen-bond acceptors (Lipinski definition) is 1. The summed E-state index contributed by atoms with van der Waals surface area (Å²) in [6.45, 7) is 12.9. The molecule has 0 aliphatic rings. The molecule has 0 aliphatic carbocycles. The summed E-state index contributed by atoms with van der Waals surface area (Å²) < 4.78 is 0. The smallest absolute Gasteiger partial charge is 0.0482 e. The van der Waals surface area contributed by atoms with E-state index in [4.69, 9.17) is 17.3 Å². The molecule has 0 saturated heterocycles. The fourth-order valence-electron chi connectivity index (χ4n) is 1.74. The lowest BCUT2D eigenvalue weighted by atomic mass is 9.80. The number of nitrogens with two attached hydrogens (primary N) is 1. The lowest BCUT2D eigenvalue weighted by Crippen LogP contribution is -2.18. The molecule has 16 heavy (non-hydrogen) atoms. The third-order valence-corrected chi connectivity index (χ3v) is 3.12. The molecule has 0 saturated carbocycles. The van der Waals surface area contributed by atoms with Crippen LogP contribution in [0.2, 0.25) is 5.02 Å². The Hall–Kier alpha value is -0.690. The van der Waals surface area contributed by atoms with Gasteiger partial charge in [0.05, 0.1) is 0 Å². The highest BCUT2D eigenvalue weighted by molar-refractivity contribution is 6.32. The number of nitrogen functional groups attached to an aromatic ring is 1. The van der Waals surface area contributed by atoms with Crippen molar-refractivity contribution in [1.29, 1.82) is 0 Å². The van der Waals surface area contributed by atoms with E-state index in [0.29, 0.717) is 0 Å². The first-order valence-corrected chi connectivity index (χ1v) is 6.01. The second kappa shape index (κ2) is 3.96. The molecule has 0 atom stereocenters. The summed E-state index contributed by atoms with van der Waals surface area (Å²) >= 11 is 6.49. The molecule has 0 unspecified atom stereocenters. The summed E-state index contributed by atoms with van der Waals surface area (Å²) in [5.41, 5.74) is 9.04. The Bertz CT molecular complexity index is 359. The molecule has 0 heterocycles. The van der Waals surface area contributed by atoms with Gasteiger partial charge in [0.1, 0.15) is 0 Å². The van der Waals surface area contributed by atoms with Crippen LogP contribution in [0.25, 0.3) is 0 Å². The van der Waals surface area contributed by atoms with Gasteiger partial charge >= 0.3 is 0 Å². The first-order chi connectivity index (χ1) is 7.03. The Kier molecular flexibility index (Phi) is 3.31. The summed E-state index contributed by atoms with van der Waals surface area (Å²) in [7, 11) is 0. The van der Waals surface area contributed by atoms with Gasteiger partial charge in [-0.1, -0.05) is 53.1 Å². The molecule has 1 nitrogen and oxygen atoms in total. The zero-order valence-corrected chi connectivity index (χ0v) is 11.9. The Morgan fingerprint density at radius 1 is 0.875 bits per heavy atom. The molecule has 90 valence electrons. The number of anilines is 1. The Morgan fingerprint density at radius 3 is 1.44 bits per heavy atom. The van der Waals surface area contributed by atoms with Crippen molar-refractivity contribution >= 4 is 17.3 Å². The van der Waals surface area contributed by atoms with E-state index in [9.17, 15) is 0 Å². The second-order valence-corrected chi connectivity index (χ2v) is 6.81. The molecule has 0 radical (unpaired) electrons. The molecular weight excluding hydrogens is 218 g/mol. The van der Waals surface area contributed by atoms with Crippen molar-refractivity contribution in [3.63, 3.8) is 0 Å². The van der Waals surface area contributed by atoms with Gasteiger partial charge in [0, 0.05) is 10.7 Å². The maximum Gasteiger partial charge on any atom is 0.0482 e. The highest BCUT2D eigenvalue weighted by Crippen LogP contribution is 2.38. The van der Waals surface area contributed by atoms with E-state index >= 15 is 0 Å². The molecule has 0 fully saturated rings. The van der Waals surface area contributed by atoms with Crippen molar-refractivity contribution in [2.75, 3.05) is 5.73 Å². The average Bonchev–Trinajstić information content (AvgIpc) is 2.04. The van der Waals surface area contributed by atoms with Gasteiger partial charge in [0.2, 0.25) is 0 Å². The van der Waals surface area contributed by atoms with E-state index in [2.05, 4.69) is 41.5 Å². The molecule has 0 spiro atoms. The van der Waals surface area contributed by atoms with Crippen LogP contribution in [0.1, 0.15) is 52.7 Å². The highest BCUT2D eigenvalue weighted by Gasteiger charge is 2.25. The van der Waals surface area contributed by atoms with Crippen LogP contribution in [0.4, 0.5) is 5.69 Å². The van der Waals surface area contributed by atoms with Gasteiger partial charge in [-0.05, 0) is 34.1 Å². The predicted molar refractivity (Wildman–Crippen MR) is 73.3 cm³/mol. The van der Waals surface area contributed by atoms with E-state index in [0.717, 1.165) is 21.8 Å². The lowest BCUT2D eigenvalue weighted by Gasteiger charge is -2.27. The molecular formula is C14H22ClN. The largest absolute Gasteiger partial charge is 0.399 e. The van der Waals surface area contributed by atoms with Crippen molar-refractivity contribution in [3.05, 3.63) is 28.3 Å². The molecule has 0 amide bonds. The fourth-order valence-corrected chi connectivity index (χ4v) is 2.41. The van der Waals surface area contributed by atoms with Crippen molar-refractivity contribution in [2.45, 2.75) is 52.4 Å². The minimum absolute atomic E-state index is 0.0203. The first kappa shape index (κ1) is 13.4. The van der Waals surface area contributed by atoms with E-state index in [1.165, 1.54) is 0 Å². The van der Waals surface area contributed by atoms with Gasteiger partial charge < -0.3 is 5.73 Å². The van der Waals surface area contributed by atoms with Crippen LogP contribution in [-0.4, -0.2) is 0 Å². The van der Waals surface area contributed by atoms with Crippen LogP contribution >= 0.6 is 11.6 Å². The van der Waals surface area contributed by atoms with Gasteiger partial charge in [-0.3, -0.25) is 0 Å². The Balaban J connectivity index is 3.51. The van der Waals surface area contributed by atoms with Crippen LogP contribution in [-0.2, 0) is 10.8 Å². The lowest BCUT2D eigenvalue weighted by molar-refractivity contribution is 0.569. The van der Waals surface area contributed by atoms with E-state index in [1.807, 2.05) is 12.1 Å². The molecule has 0 aromatic heterocycles. The molecule has 1 rings (SSSR count). The maximum atomic E-state index is 6.49. The third-order valence-electron chi connectivity index (χ3n) is 2.71. The van der Waals surface area contributed by atoms with E-state index in [1.54, 1.807) is 0 Å². The first-order valence-electron chi connectivity index (χ1n) is 5.63. The van der Waals surface area contributed by atoms with Crippen molar-refractivity contribution in [1.82, 2.24) is 0 Å². The topological polar surface area (TPSA) is 26.0 Å². The maximum absolute atomic E-state index is 6.49. The van der Waals surface area contributed by atoms with Crippen LogP contribution in [0.5, 0.6) is 0 Å². The quantitative estimate of drug-likeness (QED) is 0.662. The molecule has 1 aromatic carbocycles. The van der Waals surface area contributed by atoms with Gasteiger partial charge in [-0.15, -0.1) is 0 Å². The van der Waals surface area contributed by atoms with Gasteiger partial charge in [0.15, 0.2) is 0 Å². The zero-order valence-electron chi connectivity index (χ0n) is 11.1. The van der Waals surface area contributed by atoms with E-state index in [-0.39, 0.29) is 10.8 Å². The minimum atomic E-state index is 0.0203. The Labute approximate surface area is 104 Å². The number of hydrogen-bond donors (Lipinski definition) is 1. The molecule has 2 N–H and O–H groups in total. The summed E-state index contributed by atoms with van der Waals surface area (Å²) in [6, 6.07) is 3.97. The number of halogens is 1. The normalized spacial score (nSPS) is 12.9. The SMILES string of the molecule is CC(C)(C)c1cc(N)cc(C(C)(C)C)c1Cl. The highest BCUT2D eigenvalue weighted by atomic mass is 35.5. The Morgan fingerprint density at radius 2 is 1.19 bits per heavy atom. The zero-order chi connectivity index (χ0) is 12.7. The number of rotatable bonds is 0. The second-order valence-electron chi connectivity index (χ2n) is 6.43. The standard InChI is InChI=1S/C14H22ClN/c1-13(2,3)10-7-9(16)8-11(12(10)15)14(4,5)6/h7-8H,16H2,1-6H3. The minimum Gasteiger partial charge on any atom is -0.399 e. The summed E-state index contributed by atoms with van der Waals surface area (Å²) in [6.07, 6.45) is 0. The molecule has 0 aliphatic heterocycles. The molecule has 0 bridgehead atoms. The van der Waals surface area contributed by atoms with Gasteiger partial charge in [-0.2, -0.15) is 0 Å². The van der Waals surface area contributed by atoms with Crippen molar-refractivity contribution in [3.8, 4) is 0 Å². The molecule has 2 heteroatoms. The van der Waals surface area contributed by atoms with E-state index < -0.39 is 0 Å². The average molecular weight is 240 g/mol.